The van der Waals surface area contributed by atoms with Crippen LogP contribution in [0.15, 0.2) is 25.3 Å². The molecule has 0 nitrogen and oxygen atoms in total. The average molecular weight is 99.1 g/mol. The van der Waals surface area contributed by atoms with E-state index in [1.165, 1.54) is 12.2 Å². The standard InChI is InChI=1S/C6H8F/c1-3-5-6(7)4-2/h3-4H,1-2,5H2. The first-order chi connectivity index (χ1) is 3.31. The number of rotatable bonds is 3. The average Bonchev–Trinajstić information content (AvgIpc) is 1.68. The lowest BCUT2D eigenvalue weighted by Crippen LogP contribution is -1.76. The van der Waals surface area contributed by atoms with Crippen LogP contribution in [0.25, 0.3) is 0 Å². The van der Waals surface area contributed by atoms with Gasteiger partial charge in [0.05, 0.1) is 0 Å². The van der Waals surface area contributed by atoms with E-state index in [-0.39, 0.29) is 6.17 Å². The third kappa shape index (κ3) is 3.23. The summed E-state index contributed by atoms with van der Waals surface area (Å²) in [5.41, 5.74) is 0. The molecule has 0 unspecified atom stereocenters. The van der Waals surface area contributed by atoms with Crippen LogP contribution in [-0.4, -0.2) is 0 Å². The van der Waals surface area contributed by atoms with Crippen molar-refractivity contribution in [2.45, 2.75) is 6.42 Å². The van der Waals surface area contributed by atoms with Gasteiger partial charge in [-0.3, -0.25) is 0 Å². The molecule has 0 fully saturated rings. The monoisotopic (exact) mass is 99.1 g/mol. The van der Waals surface area contributed by atoms with E-state index in [1.807, 2.05) is 0 Å². The van der Waals surface area contributed by atoms with Crippen molar-refractivity contribution in [2.24, 2.45) is 0 Å². The maximum absolute atomic E-state index is 11.9. The first-order valence-corrected chi connectivity index (χ1v) is 2.06. The van der Waals surface area contributed by atoms with Crippen LogP contribution in [0.3, 0.4) is 0 Å². The molecule has 0 rings (SSSR count). The summed E-state index contributed by atoms with van der Waals surface area (Å²) in [5.74, 6) is 0. The summed E-state index contributed by atoms with van der Waals surface area (Å²) >= 11 is 0. The first kappa shape index (κ1) is 6.41. The molecule has 39 valence electrons. The van der Waals surface area contributed by atoms with Crippen LogP contribution in [0.5, 0.6) is 0 Å². The molecule has 0 atom stereocenters. The second kappa shape index (κ2) is 3.59. The molecule has 0 saturated heterocycles. The van der Waals surface area contributed by atoms with Crippen LogP contribution >= 0.6 is 0 Å². The van der Waals surface area contributed by atoms with Gasteiger partial charge in [-0.15, -0.1) is 6.58 Å². The molecule has 1 heteroatoms. The summed E-state index contributed by atoms with van der Waals surface area (Å²) in [5, 5.41) is 0. The van der Waals surface area contributed by atoms with Crippen molar-refractivity contribution in [2.75, 3.05) is 0 Å². The Bertz CT molecular complexity index is 66.6. The van der Waals surface area contributed by atoms with Gasteiger partial charge < -0.3 is 0 Å². The molecule has 0 bridgehead atoms. The first-order valence-electron chi connectivity index (χ1n) is 2.06. The summed E-state index contributed by atoms with van der Waals surface area (Å²) in [6, 6.07) is 0. The zero-order chi connectivity index (χ0) is 5.70. The molecule has 0 spiro atoms. The molecule has 0 aromatic heterocycles. The van der Waals surface area contributed by atoms with E-state index in [9.17, 15) is 4.39 Å². The number of halogens is 1. The predicted molar refractivity (Wildman–Crippen MR) is 29.4 cm³/mol. The van der Waals surface area contributed by atoms with Crippen molar-refractivity contribution >= 4 is 0 Å². The third-order valence-corrected chi connectivity index (χ3v) is 0.561. The number of hydrogen-bond donors (Lipinski definition) is 0. The fraction of sp³-hybridized carbons (Fsp3) is 0.167. The molecule has 0 amide bonds. The molecule has 0 aromatic carbocycles. The van der Waals surface area contributed by atoms with Crippen molar-refractivity contribution in [3.8, 4) is 0 Å². The van der Waals surface area contributed by atoms with E-state index in [2.05, 4.69) is 13.2 Å². The molecule has 0 aromatic rings. The summed E-state index contributed by atoms with van der Waals surface area (Å²) in [6.45, 7) is 6.56. The molecule has 0 aliphatic rings. The predicted octanol–water partition coefficient (Wildman–Crippen LogP) is 2.25. The Morgan fingerprint density at radius 3 is 2.29 bits per heavy atom. The molecular weight excluding hydrogens is 91.1 g/mol. The van der Waals surface area contributed by atoms with Crippen molar-refractivity contribution in [3.63, 3.8) is 0 Å². The molecule has 0 heterocycles. The molecule has 0 aliphatic carbocycles. The van der Waals surface area contributed by atoms with E-state index >= 15 is 0 Å². The zero-order valence-electron chi connectivity index (χ0n) is 4.15. The van der Waals surface area contributed by atoms with Gasteiger partial charge in [0, 0.05) is 6.42 Å². The fourth-order valence-corrected chi connectivity index (χ4v) is 0.221. The van der Waals surface area contributed by atoms with Gasteiger partial charge in [-0.05, 0) is 0 Å². The van der Waals surface area contributed by atoms with Gasteiger partial charge in [-0.25, -0.2) is 4.39 Å². The largest absolute Gasteiger partial charge is 0.235 e. The molecular formula is C6H8F. The normalized spacial score (nSPS) is 8.86. The molecule has 1 radical (unpaired) electrons. The van der Waals surface area contributed by atoms with Gasteiger partial charge >= 0.3 is 0 Å². The zero-order valence-corrected chi connectivity index (χ0v) is 4.15. The number of allylic oxidation sites excluding steroid dienone is 2. The van der Waals surface area contributed by atoms with Crippen molar-refractivity contribution in [1.29, 1.82) is 0 Å². The Morgan fingerprint density at radius 2 is 2.14 bits per heavy atom. The van der Waals surface area contributed by atoms with Gasteiger partial charge in [0.15, 0.2) is 6.17 Å². The van der Waals surface area contributed by atoms with E-state index in [1.54, 1.807) is 0 Å². The Labute approximate surface area is 43.4 Å². The van der Waals surface area contributed by atoms with Gasteiger partial charge in [0.1, 0.15) is 0 Å². The second-order valence-electron chi connectivity index (χ2n) is 1.14. The minimum atomic E-state index is -0.227. The Hall–Kier alpha value is -0.590. The Morgan fingerprint density at radius 1 is 1.57 bits per heavy atom. The fourth-order valence-electron chi connectivity index (χ4n) is 0.221. The maximum atomic E-state index is 11.9. The molecule has 0 saturated carbocycles. The Kier molecular flexibility index (Phi) is 3.29. The van der Waals surface area contributed by atoms with E-state index in [4.69, 9.17) is 0 Å². The highest BCUT2D eigenvalue weighted by molar-refractivity contribution is 5.00. The molecule has 0 aliphatic heterocycles. The van der Waals surface area contributed by atoms with Crippen molar-refractivity contribution in [1.82, 2.24) is 0 Å². The van der Waals surface area contributed by atoms with Crippen LogP contribution in [0, 0.1) is 6.17 Å². The highest BCUT2D eigenvalue weighted by Gasteiger charge is 1.94. The highest BCUT2D eigenvalue weighted by atomic mass is 19.1. The van der Waals surface area contributed by atoms with Gasteiger partial charge in [0.25, 0.3) is 0 Å². The minimum absolute atomic E-state index is 0.227. The number of hydrogen-bond acceptors (Lipinski definition) is 0. The van der Waals surface area contributed by atoms with Crippen LogP contribution < -0.4 is 0 Å². The minimum Gasteiger partial charge on any atom is -0.235 e. The van der Waals surface area contributed by atoms with Crippen LogP contribution in [0.1, 0.15) is 6.42 Å². The summed E-state index contributed by atoms with van der Waals surface area (Å²) in [7, 11) is 0. The topological polar surface area (TPSA) is 0 Å². The Balaban J connectivity index is 3.15. The lowest BCUT2D eigenvalue weighted by molar-refractivity contribution is 0.533. The lowest BCUT2D eigenvalue weighted by atomic mass is 10.3. The van der Waals surface area contributed by atoms with E-state index in [0.717, 1.165) is 0 Å². The van der Waals surface area contributed by atoms with Crippen LogP contribution in [0.2, 0.25) is 0 Å². The van der Waals surface area contributed by atoms with Gasteiger partial charge in [0.2, 0.25) is 0 Å². The summed E-state index contributed by atoms with van der Waals surface area (Å²) in [4.78, 5) is 0. The molecule has 0 N–H and O–H groups in total. The maximum Gasteiger partial charge on any atom is 0.169 e. The summed E-state index contributed by atoms with van der Waals surface area (Å²) in [6.07, 6.45) is 2.75. The smallest absolute Gasteiger partial charge is 0.169 e. The SMILES string of the molecule is C=CC[C](F)C=C. The third-order valence-electron chi connectivity index (χ3n) is 0.561. The van der Waals surface area contributed by atoms with E-state index < -0.39 is 0 Å². The van der Waals surface area contributed by atoms with E-state index in [0.29, 0.717) is 6.42 Å². The van der Waals surface area contributed by atoms with Crippen LogP contribution in [-0.2, 0) is 0 Å². The lowest BCUT2D eigenvalue weighted by Gasteiger charge is -1.89. The van der Waals surface area contributed by atoms with Crippen LogP contribution in [0.4, 0.5) is 4.39 Å². The second-order valence-corrected chi connectivity index (χ2v) is 1.14. The molecule has 7 heavy (non-hydrogen) atoms. The summed E-state index contributed by atoms with van der Waals surface area (Å²) < 4.78 is 11.9. The van der Waals surface area contributed by atoms with Gasteiger partial charge in [-0.2, -0.15) is 0 Å². The van der Waals surface area contributed by atoms with Crippen molar-refractivity contribution in [3.05, 3.63) is 31.5 Å². The van der Waals surface area contributed by atoms with Gasteiger partial charge in [-0.1, -0.05) is 18.7 Å². The van der Waals surface area contributed by atoms with Crippen molar-refractivity contribution < 1.29 is 4.39 Å². The quantitative estimate of drug-likeness (QED) is 0.476. The highest BCUT2D eigenvalue weighted by Crippen LogP contribution is 2.06.